The van der Waals surface area contributed by atoms with E-state index in [2.05, 4.69) is 13.8 Å². The van der Waals surface area contributed by atoms with Crippen molar-refractivity contribution in [3.8, 4) is 0 Å². The van der Waals surface area contributed by atoms with Crippen LogP contribution in [0, 0.1) is 5.92 Å². The highest BCUT2D eigenvalue weighted by atomic mass is 17.2. The molecule has 0 aliphatic rings. The molecule has 0 aromatic rings. The fourth-order valence-electron chi connectivity index (χ4n) is 2.24. The maximum atomic E-state index is 11.5. The minimum absolute atomic E-state index is 0.405. The first-order valence-electron chi connectivity index (χ1n) is 7.83. The molecule has 4 nitrogen and oxygen atoms in total. The third-order valence-corrected chi connectivity index (χ3v) is 3.86. The normalized spacial score (nSPS) is 16.7. The predicted molar refractivity (Wildman–Crippen MR) is 80.5 cm³/mol. The van der Waals surface area contributed by atoms with Crippen LogP contribution in [0.25, 0.3) is 0 Å². The zero-order chi connectivity index (χ0) is 15.8. The van der Waals surface area contributed by atoms with E-state index in [4.69, 9.17) is 9.78 Å². The maximum Gasteiger partial charge on any atom is 0.339 e. The lowest BCUT2D eigenvalue weighted by Crippen LogP contribution is -2.44. The molecule has 0 saturated carbocycles. The minimum atomic E-state index is -1.22. The number of rotatable bonds is 11. The average molecular weight is 288 g/mol. The van der Waals surface area contributed by atoms with Gasteiger partial charge in [-0.3, -0.25) is 0 Å². The van der Waals surface area contributed by atoms with E-state index in [0.29, 0.717) is 18.8 Å². The van der Waals surface area contributed by atoms with Crippen LogP contribution in [0.5, 0.6) is 0 Å². The lowest BCUT2D eigenvalue weighted by atomic mass is 9.93. The number of hydrogen-bond donors (Lipinski definition) is 1. The van der Waals surface area contributed by atoms with Gasteiger partial charge in [0, 0.05) is 0 Å². The predicted octanol–water partition coefficient (Wildman–Crippen LogP) is 4.57. The Morgan fingerprint density at radius 1 is 1.20 bits per heavy atom. The molecule has 0 heterocycles. The first-order chi connectivity index (χ1) is 9.23. The van der Waals surface area contributed by atoms with Crippen LogP contribution in [0.4, 0.5) is 0 Å². The Morgan fingerprint density at radius 2 is 1.80 bits per heavy atom. The monoisotopic (exact) mass is 288 g/mol. The number of carboxylic acids is 1. The SMILES string of the molecule is CCCCC(CC)(OOC(C)(C)CC(C)CC)C(=O)O. The summed E-state index contributed by atoms with van der Waals surface area (Å²) in [6.07, 6.45) is 4.55. The number of hydrogen-bond acceptors (Lipinski definition) is 3. The fraction of sp³-hybridized carbons (Fsp3) is 0.938. The molecule has 0 spiro atoms. The summed E-state index contributed by atoms with van der Waals surface area (Å²) in [7, 11) is 0. The Balaban J connectivity index is 4.70. The summed E-state index contributed by atoms with van der Waals surface area (Å²) in [4.78, 5) is 22.5. The summed E-state index contributed by atoms with van der Waals surface area (Å²) in [5.74, 6) is -0.419. The van der Waals surface area contributed by atoms with E-state index in [-0.39, 0.29) is 0 Å². The van der Waals surface area contributed by atoms with Crippen molar-refractivity contribution in [1.82, 2.24) is 0 Å². The molecule has 120 valence electrons. The molecular formula is C16H32O4. The standard InChI is InChI=1S/C16H32O4/c1-7-10-11-16(9-3,14(17)18)20-19-15(5,6)12-13(4)8-2/h13H,7-12H2,1-6H3,(H,17,18). The number of aliphatic carboxylic acids is 1. The van der Waals surface area contributed by atoms with Crippen LogP contribution >= 0.6 is 0 Å². The molecule has 0 radical (unpaired) electrons. The van der Waals surface area contributed by atoms with E-state index in [9.17, 15) is 9.90 Å². The van der Waals surface area contributed by atoms with E-state index < -0.39 is 17.2 Å². The van der Waals surface area contributed by atoms with E-state index in [1.54, 1.807) is 0 Å². The number of carboxylic acid groups (broad SMARTS) is 1. The Bertz CT molecular complexity index is 288. The van der Waals surface area contributed by atoms with E-state index in [1.807, 2.05) is 27.7 Å². The highest BCUT2D eigenvalue weighted by Crippen LogP contribution is 2.29. The van der Waals surface area contributed by atoms with Gasteiger partial charge in [0.15, 0.2) is 5.60 Å². The lowest BCUT2D eigenvalue weighted by Gasteiger charge is -2.33. The summed E-state index contributed by atoms with van der Waals surface area (Å²) < 4.78 is 0. The Morgan fingerprint density at radius 3 is 2.20 bits per heavy atom. The second-order valence-electron chi connectivity index (χ2n) is 6.40. The Kier molecular flexibility index (Phi) is 8.36. The van der Waals surface area contributed by atoms with Gasteiger partial charge in [0.25, 0.3) is 0 Å². The fourth-order valence-corrected chi connectivity index (χ4v) is 2.24. The van der Waals surface area contributed by atoms with Gasteiger partial charge >= 0.3 is 5.97 Å². The van der Waals surface area contributed by atoms with Gasteiger partial charge in [0.05, 0.1) is 5.60 Å². The molecule has 20 heavy (non-hydrogen) atoms. The zero-order valence-corrected chi connectivity index (χ0v) is 14.0. The van der Waals surface area contributed by atoms with Crippen LogP contribution in [0.15, 0.2) is 0 Å². The van der Waals surface area contributed by atoms with Crippen molar-refractivity contribution in [3.05, 3.63) is 0 Å². The molecule has 0 aliphatic carbocycles. The number of unbranched alkanes of at least 4 members (excludes halogenated alkanes) is 1. The maximum absolute atomic E-state index is 11.5. The summed E-state index contributed by atoms with van der Waals surface area (Å²) in [5.41, 5.74) is -1.69. The van der Waals surface area contributed by atoms with Crippen LogP contribution < -0.4 is 0 Å². The second kappa shape index (κ2) is 8.63. The molecule has 4 heteroatoms. The highest BCUT2D eigenvalue weighted by Gasteiger charge is 2.40. The summed E-state index contributed by atoms with van der Waals surface area (Å²) in [6, 6.07) is 0. The van der Waals surface area contributed by atoms with Crippen LogP contribution in [0.1, 0.15) is 80.1 Å². The first-order valence-corrected chi connectivity index (χ1v) is 7.83. The number of carbonyl (C=O) groups is 1. The third kappa shape index (κ3) is 6.23. The van der Waals surface area contributed by atoms with Gasteiger partial charge in [0.1, 0.15) is 0 Å². The van der Waals surface area contributed by atoms with Gasteiger partial charge in [0.2, 0.25) is 0 Å². The quantitative estimate of drug-likeness (QED) is 0.447. The van der Waals surface area contributed by atoms with Crippen molar-refractivity contribution in [1.29, 1.82) is 0 Å². The van der Waals surface area contributed by atoms with Gasteiger partial charge < -0.3 is 5.11 Å². The summed E-state index contributed by atoms with van der Waals surface area (Å²) in [6.45, 7) is 12.1. The second-order valence-corrected chi connectivity index (χ2v) is 6.40. The van der Waals surface area contributed by atoms with Gasteiger partial charge in [-0.2, -0.15) is 0 Å². The Labute approximate surface area is 123 Å². The van der Waals surface area contributed by atoms with Crippen LogP contribution in [0.2, 0.25) is 0 Å². The van der Waals surface area contributed by atoms with E-state index in [1.165, 1.54) is 0 Å². The first kappa shape index (κ1) is 19.4. The molecule has 0 aliphatic heterocycles. The summed E-state index contributed by atoms with van der Waals surface area (Å²) in [5, 5.41) is 9.47. The third-order valence-electron chi connectivity index (χ3n) is 3.86. The van der Waals surface area contributed by atoms with E-state index >= 15 is 0 Å². The van der Waals surface area contributed by atoms with Gasteiger partial charge in [-0.15, -0.1) is 0 Å². The van der Waals surface area contributed by atoms with Crippen molar-refractivity contribution in [3.63, 3.8) is 0 Å². The topological polar surface area (TPSA) is 55.8 Å². The molecule has 0 saturated heterocycles. The highest BCUT2D eigenvalue weighted by molar-refractivity contribution is 5.77. The van der Waals surface area contributed by atoms with E-state index in [0.717, 1.165) is 25.7 Å². The molecule has 2 unspecified atom stereocenters. The van der Waals surface area contributed by atoms with Crippen LogP contribution in [-0.4, -0.2) is 22.3 Å². The molecule has 0 fully saturated rings. The van der Waals surface area contributed by atoms with Crippen molar-refractivity contribution in [2.24, 2.45) is 5.92 Å². The van der Waals surface area contributed by atoms with Crippen molar-refractivity contribution in [2.75, 3.05) is 0 Å². The average Bonchev–Trinajstić information content (AvgIpc) is 2.38. The lowest BCUT2D eigenvalue weighted by molar-refractivity contribution is -0.404. The van der Waals surface area contributed by atoms with Crippen LogP contribution in [-0.2, 0) is 14.6 Å². The Hall–Kier alpha value is -0.610. The largest absolute Gasteiger partial charge is 0.479 e. The molecule has 1 N–H and O–H groups in total. The van der Waals surface area contributed by atoms with Crippen LogP contribution in [0.3, 0.4) is 0 Å². The van der Waals surface area contributed by atoms with Crippen molar-refractivity contribution in [2.45, 2.75) is 91.3 Å². The molecule has 2 atom stereocenters. The van der Waals surface area contributed by atoms with Crippen molar-refractivity contribution >= 4 is 5.97 Å². The zero-order valence-electron chi connectivity index (χ0n) is 14.0. The summed E-state index contributed by atoms with van der Waals surface area (Å²) >= 11 is 0. The van der Waals surface area contributed by atoms with Gasteiger partial charge in [-0.1, -0.05) is 47.0 Å². The van der Waals surface area contributed by atoms with Crippen molar-refractivity contribution < 1.29 is 19.7 Å². The van der Waals surface area contributed by atoms with Gasteiger partial charge in [-0.05, 0) is 39.0 Å². The molecule has 0 bridgehead atoms. The minimum Gasteiger partial charge on any atom is -0.479 e. The smallest absolute Gasteiger partial charge is 0.339 e. The molecule has 0 amide bonds. The molecule has 0 aromatic carbocycles. The molecule has 0 aromatic heterocycles. The van der Waals surface area contributed by atoms with Gasteiger partial charge in [-0.25, -0.2) is 14.6 Å². The molecular weight excluding hydrogens is 256 g/mol. The molecule has 0 rings (SSSR count).